The Labute approximate surface area is 140 Å². The van der Waals surface area contributed by atoms with Crippen molar-refractivity contribution < 1.29 is 4.79 Å². The molecular formula is C18H22N4O2. The van der Waals surface area contributed by atoms with E-state index in [0.717, 1.165) is 24.9 Å². The van der Waals surface area contributed by atoms with Crippen LogP contribution < -0.4 is 5.69 Å². The molecule has 1 aliphatic carbocycles. The van der Waals surface area contributed by atoms with Gasteiger partial charge < -0.3 is 4.90 Å². The summed E-state index contributed by atoms with van der Waals surface area (Å²) in [6.45, 7) is 1.41. The molecule has 24 heavy (non-hydrogen) atoms. The third-order valence-electron chi connectivity index (χ3n) is 5.04. The normalized spacial score (nSPS) is 21.0. The molecule has 6 heteroatoms. The van der Waals surface area contributed by atoms with Crippen molar-refractivity contribution in [3.63, 3.8) is 0 Å². The van der Waals surface area contributed by atoms with Crippen molar-refractivity contribution in [2.45, 2.75) is 43.9 Å². The van der Waals surface area contributed by atoms with Gasteiger partial charge in [-0.25, -0.2) is 9.89 Å². The van der Waals surface area contributed by atoms with Crippen molar-refractivity contribution in [2.24, 2.45) is 0 Å². The highest BCUT2D eigenvalue weighted by Crippen LogP contribution is 2.40. The molecular weight excluding hydrogens is 304 g/mol. The van der Waals surface area contributed by atoms with Gasteiger partial charge in [0.2, 0.25) is 5.91 Å². The fraction of sp³-hybridized carbons (Fsp3) is 0.500. The minimum absolute atomic E-state index is 0.111. The number of hydrogen-bond donors (Lipinski definition) is 2. The van der Waals surface area contributed by atoms with Gasteiger partial charge in [0.05, 0.1) is 6.42 Å². The molecule has 2 N–H and O–H groups in total. The molecule has 1 aliphatic heterocycles. The second-order valence-corrected chi connectivity index (χ2v) is 6.94. The molecule has 0 bridgehead atoms. The first kappa shape index (κ1) is 15.2. The zero-order chi connectivity index (χ0) is 16.5. The topological polar surface area (TPSA) is 81.8 Å². The summed E-state index contributed by atoms with van der Waals surface area (Å²) in [6.07, 6.45) is 4.87. The van der Waals surface area contributed by atoms with Crippen LogP contribution in [0, 0.1) is 0 Å². The molecule has 1 aromatic heterocycles. The van der Waals surface area contributed by atoms with Gasteiger partial charge >= 0.3 is 5.69 Å². The Bertz CT molecular complexity index is 790. The maximum atomic E-state index is 12.7. The zero-order valence-electron chi connectivity index (χ0n) is 13.6. The molecule has 1 amide bonds. The quantitative estimate of drug-likeness (QED) is 0.900. The number of amides is 1. The van der Waals surface area contributed by atoms with Crippen LogP contribution in [-0.2, 0) is 11.2 Å². The molecule has 1 unspecified atom stereocenters. The summed E-state index contributed by atoms with van der Waals surface area (Å²) in [4.78, 5) is 28.5. The molecule has 1 saturated carbocycles. The van der Waals surface area contributed by atoms with Crippen molar-refractivity contribution in [2.75, 3.05) is 13.1 Å². The summed E-state index contributed by atoms with van der Waals surface area (Å²) in [5.41, 5.74) is 2.18. The lowest BCUT2D eigenvalue weighted by atomic mass is 9.96. The van der Waals surface area contributed by atoms with Gasteiger partial charge in [-0.15, -0.1) is 0 Å². The average molecular weight is 326 g/mol. The van der Waals surface area contributed by atoms with Crippen molar-refractivity contribution >= 4 is 5.91 Å². The standard InChI is InChI=1S/C18H22N4O2/c23-16(10-12-3-1-4-14(9-12)13-6-7-13)22-8-2-5-15(11-22)17-19-18(24)21-20-17/h1,3-4,9,13,15H,2,5-8,10-11H2,(H2,19,20,21,24). The fourth-order valence-corrected chi connectivity index (χ4v) is 3.56. The molecule has 1 atom stereocenters. The number of benzene rings is 1. The van der Waals surface area contributed by atoms with E-state index < -0.39 is 0 Å². The Hall–Kier alpha value is -2.37. The lowest BCUT2D eigenvalue weighted by Gasteiger charge is -2.31. The Kier molecular flexibility index (Phi) is 3.96. The summed E-state index contributed by atoms with van der Waals surface area (Å²) in [7, 11) is 0. The van der Waals surface area contributed by atoms with Crippen LogP contribution >= 0.6 is 0 Å². The first-order valence-electron chi connectivity index (χ1n) is 8.70. The number of carbonyl (C=O) groups is 1. The van der Waals surface area contributed by atoms with Crippen LogP contribution in [0.2, 0.25) is 0 Å². The monoisotopic (exact) mass is 326 g/mol. The molecule has 2 aromatic rings. The van der Waals surface area contributed by atoms with Gasteiger partial charge in [0, 0.05) is 19.0 Å². The zero-order valence-corrected chi connectivity index (χ0v) is 13.6. The first-order chi connectivity index (χ1) is 11.7. The highest BCUT2D eigenvalue weighted by atomic mass is 16.2. The highest BCUT2D eigenvalue weighted by molar-refractivity contribution is 5.79. The van der Waals surface area contributed by atoms with Gasteiger partial charge in [0.1, 0.15) is 5.82 Å². The Morgan fingerprint density at radius 3 is 2.88 bits per heavy atom. The van der Waals surface area contributed by atoms with Crippen LogP contribution in [0.15, 0.2) is 29.1 Å². The average Bonchev–Trinajstić information content (AvgIpc) is 3.36. The van der Waals surface area contributed by atoms with Crippen molar-refractivity contribution in [3.8, 4) is 0 Å². The Balaban J connectivity index is 1.42. The number of rotatable bonds is 4. The van der Waals surface area contributed by atoms with Crippen LogP contribution in [0.25, 0.3) is 0 Å². The Morgan fingerprint density at radius 2 is 2.12 bits per heavy atom. The summed E-state index contributed by atoms with van der Waals surface area (Å²) in [6, 6.07) is 8.44. The van der Waals surface area contributed by atoms with E-state index in [4.69, 9.17) is 0 Å². The van der Waals surface area contributed by atoms with E-state index in [1.807, 2.05) is 11.0 Å². The summed E-state index contributed by atoms with van der Waals surface area (Å²) in [5.74, 6) is 1.63. The molecule has 2 heterocycles. The SMILES string of the molecule is O=C(Cc1cccc(C2CC2)c1)N1CCCC(c2n[nH]c(=O)[nH]2)C1. The van der Waals surface area contributed by atoms with E-state index in [0.29, 0.717) is 24.7 Å². The van der Waals surface area contributed by atoms with Gasteiger partial charge in [-0.2, -0.15) is 5.10 Å². The molecule has 2 aliphatic rings. The number of likely N-dealkylation sites (tertiary alicyclic amines) is 1. The number of carbonyl (C=O) groups excluding carboxylic acids is 1. The highest BCUT2D eigenvalue weighted by Gasteiger charge is 2.27. The summed E-state index contributed by atoms with van der Waals surface area (Å²) < 4.78 is 0. The second kappa shape index (κ2) is 6.26. The van der Waals surface area contributed by atoms with Crippen LogP contribution in [0.3, 0.4) is 0 Å². The third-order valence-corrected chi connectivity index (χ3v) is 5.04. The predicted molar refractivity (Wildman–Crippen MR) is 89.9 cm³/mol. The first-order valence-corrected chi connectivity index (χ1v) is 8.70. The fourth-order valence-electron chi connectivity index (χ4n) is 3.56. The number of piperidine rings is 1. The van der Waals surface area contributed by atoms with Gasteiger partial charge in [-0.05, 0) is 42.7 Å². The molecule has 4 rings (SSSR count). The lowest BCUT2D eigenvalue weighted by molar-refractivity contribution is -0.131. The number of hydrogen-bond acceptors (Lipinski definition) is 3. The number of H-pyrrole nitrogens is 2. The van der Waals surface area contributed by atoms with Crippen LogP contribution in [0.5, 0.6) is 0 Å². The molecule has 1 saturated heterocycles. The summed E-state index contributed by atoms with van der Waals surface area (Å²) >= 11 is 0. The maximum absolute atomic E-state index is 12.7. The van der Waals surface area contributed by atoms with E-state index >= 15 is 0 Å². The van der Waals surface area contributed by atoms with Gasteiger partial charge in [-0.3, -0.25) is 9.78 Å². The molecule has 6 nitrogen and oxygen atoms in total. The smallest absolute Gasteiger partial charge is 0.340 e. The third kappa shape index (κ3) is 3.27. The van der Waals surface area contributed by atoms with E-state index in [1.165, 1.54) is 18.4 Å². The van der Waals surface area contributed by atoms with Gasteiger partial charge in [-0.1, -0.05) is 24.3 Å². The Morgan fingerprint density at radius 1 is 1.25 bits per heavy atom. The molecule has 2 fully saturated rings. The molecule has 0 spiro atoms. The molecule has 0 radical (unpaired) electrons. The van der Waals surface area contributed by atoms with Crippen LogP contribution in [0.1, 0.15) is 54.5 Å². The van der Waals surface area contributed by atoms with Gasteiger partial charge in [0.25, 0.3) is 0 Å². The van der Waals surface area contributed by atoms with E-state index in [9.17, 15) is 9.59 Å². The number of aromatic nitrogens is 3. The van der Waals surface area contributed by atoms with Crippen molar-refractivity contribution in [1.29, 1.82) is 0 Å². The molecule has 1 aromatic carbocycles. The second-order valence-electron chi connectivity index (χ2n) is 6.94. The predicted octanol–water partition coefficient (Wildman–Crippen LogP) is 1.92. The largest absolute Gasteiger partial charge is 0.342 e. The van der Waals surface area contributed by atoms with E-state index in [-0.39, 0.29) is 17.5 Å². The number of nitrogens with one attached hydrogen (secondary N) is 2. The van der Waals surface area contributed by atoms with Crippen LogP contribution in [0.4, 0.5) is 0 Å². The minimum atomic E-state index is -0.287. The maximum Gasteiger partial charge on any atom is 0.340 e. The minimum Gasteiger partial charge on any atom is -0.342 e. The van der Waals surface area contributed by atoms with Crippen LogP contribution in [-0.4, -0.2) is 39.1 Å². The number of nitrogens with zero attached hydrogens (tertiary/aromatic N) is 2. The van der Waals surface area contributed by atoms with Crippen molar-refractivity contribution in [1.82, 2.24) is 20.1 Å². The number of aromatic amines is 2. The summed E-state index contributed by atoms with van der Waals surface area (Å²) in [5, 5.41) is 6.43. The van der Waals surface area contributed by atoms with Gasteiger partial charge in [0.15, 0.2) is 0 Å². The van der Waals surface area contributed by atoms with E-state index in [2.05, 4.69) is 33.4 Å². The molecule has 126 valence electrons. The lowest BCUT2D eigenvalue weighted by Crippen LogP contribution is -2.40. The van der Waals surface area contributed by atoms with E-state index in [1.54, 1.807) is 0 Å². The van der Waals surface area contributed by atoms with Crippen molar-refractivity contribution in [3.05, 3.63) is 51.7 Å².